The highest BCUT2D eigenvalue weighted by Gasteiger charge is 2.20. The highest BCUT2D eigenvalue weighted by molar-refractivity contribution is 7.80. The van der Waals surface area contributed by atoms with Gasteiger partial charge in [-0.1, -0.05) is 0 Å². The molecule has 3 aromatic rings. The van der Waals surface area contributed by atoms with Gasteiger partial charge in [0.25, 0.3) is 0 Å². The number of halogens is 1. The molecule has 2 heterocycles. The number of anilines is 2. The zero-order chi connectivity index (χ0) is 21.8. The van der Waals surface area contributed by atoms with Crippen molar-refractivity contribution in [1.82, 2.24) is 14.9 Å². The second-order valence-electron chi connectivity index (χ2n) is 7.02. The molecule has 0 radical (unpaired) electrons. The fourth-order valence-corrected chi connectivity index (χ4v) is 3.71. The van der Waals surface area contributed by atoms with E-state index in [1.807, 2.05) is 17.0 Å². The van der Waals surface area contributed by atoms with Gasteiger partial charge in [-0.2, -0.15) is 0 Å². The highest BCUT2D eigenvalue weighted by atomic mass is 32.1. The summed E-state index contributed by atoms with van der Waals surface area (Å²) in [6.45, 7) is 3.00. The molecule has 0 spiro atoms. The number of hydrogen-bond acceptors (Lipinski definition) is 5. The average Bonchev–Trinajstić information content (AvgIpc) is 2.80. The maximum Gasteiger partial charge on any atom is 0.338 e. The zero-order valence-corrected chi connectivity index (χ0v) is 17.3. The average molecular weight is 438 g/mol. The van der Waals surface area contributed by atoms with E-state index >= 15 is 0 Å². The number of hydrogen-bond donors (Lipinski definition) is 2. The fourth-order valence-electron chi connectivity index (χ4n) is 3.41. The van der Waals surface area contributed by atoms with Gasteiger partial charge >= 0.3 is 5.97 Å². The Balaban J connectivity index is 1.33. The zero-order valence-electron chi connectivity index (χ0n) is 16.5. The molecule has 1 saturated heterocycles. The van der Waals surface area contributed by atoms with Crippen molar-refractivity contribution in [3.8, 4) is 11.4 Å². The topological polar surface area (TPSA) is 81.6 Å². The SMILES string of the molecule is O=C(O)c1ccc(NC(=S)N2CCN(c3ccc(-c4ncccn4)cc3)CC2)cc1F. The number of carboxylic acids is 1. The minimum atomic E-state index is -1.30. The number of rotatable bonds is 4. The van der Waals surface area contributed by atoms with Crippen molar-refractivity contribution < 1.29 is 14.3 Å². The minimum absolute atomic E-state index is 0.366. The van der Waals surface area contributed by atoms with Gasteiger partial charge in [-0.25, -0.2) is 19.2 Å². The molecule has 0 atom stereocenters. The Morgan fingerprint density at radius 1 is 1.03 bits per heavy atom. The molecule has 7 nitrogen and oxygen atoms in total. The van der Waals surface area contributed by atoms with Gasteiger partial charge in [0, 0.05) is 55.5 Å². The summed E-state index contributed by atoms with van der Waals surface area (Å²) in [4.78, 5) is 23.8. The maximum absolute atomic E-state index is 13.9. The Hall–Kier alpha value is -3.59. The number of nitrogens with zero attached hydrogens (tertiary/aromatic N) is 4. The number of carbonyl (C=O) groups is 1. The summed E-state index contributed by atoms with van der Waals surface area (Å²) in [7, 11) is 0. The monoisotopic (exact) mass is 437 g/mol. The van der Waals surface area contributed by atoms with Crippen LogP contribution in [-0.4, -0.2) is 57.2 Å². The number of thiocarbonyl (C=S) groups is 1. The first-order valence-electron chi connectivity index (χ1n) is 9.72. The molecular weight excluding hydrogens is 417 g/mol. The number of aromatic carboxylic acids is 1. The number of piperazine rings is 1. The molecule has 0 amide bonds. The lowest BCUT2D eigenvalue weighted by atomic mass is 10.1. The van der Waals surface area contributed by atoms with E-state index in [0.717, 1.165) is 30.4 Å². The van der Waals surface area contributed by atoms with Crippen molar-refractivity contribution in [3.05, 3.63) is 72.3 Å². The van der Waals surface area contributed by atoms with Gasteiger partial charge in [-0.15, -0.1) is 0 Å². The number of carboxylic acid groups (broad SMARTS) is 1. The molecule has 2 aromatic carbocycles. The summed E-state index contributed by atoms with van der Waals surface area (Å²) >= 11 is 5.45. The molecule has 9 heteroatoms. The summed E-state index contributed by atoms with van der Waals surface area (Å²) in [5.41, 5.74) is 2.14. The third-order valence-corrected chi connectivity index (χ3v) is 5.43. The first-order chi connectivity index (χ1) is 15.0. The largest absolute Gasteiger partial charge is 0.478 e. The molecular formula is C22H20FN5O2S. The highest BCUT2D eigenvalue weighted by Crippen LogP contribution is 2.22. The van der Waals surface area contributed by atoms with E-state index in [1.165, 1.54) is 12.1 Å². The van der Waals surface area contributed by atoms with Crippen LogP contribution in [0.5, 0.6) is 0 Å². The molecule has 4 rings (SSSR count). The van der Waals surface area contributed by atoms with Crippen LogP contribution >= 0.6 is 12.2 Å². The number of nitrogens with one attached hydrogen (secondary N) is 1. The Bertz CT molecular complexity index is 1090. The van der Waals surface area contributed by atoms with E-state index in [0.29, 0.717) is 29.7 Å². The van der Waals surface area contributed by atoms with Gasteiger partial charge in [0.15, 0.2) is 10.9 Å². The lowest BCUT2D eigenvalue weighted by Crippen LogP contribution is -2.50. The van der Waals surface area contributed by atoms with Crippen molar-refractivity contribution >= 4 is 34.7 Å². The van der Waals surface area contributed by atoms with E-state index in [1.54, 1.807) is 18.5 Å². The Morgan fingerprint density at radius 3 is 2.32 bits per heavy atom. The molecule has 1 aliphatic heterocycles. The second kappa shape index (κ2) is 9.05. The summed E-state index contributed by atoms with van der Waals surface area (Å²) in [6, 6.07) is 13.8. The molecule has 0 bridgehead atoms. The summed E-state index contributed by atoms with van der Waals surface area (Å²) in [5.74, 6) is -1.40. The predicted octanol–water partition coefficient (Wildman–Crippen LogP) is 3.50. The van der Waals surface area contributed by atoms with E-state index in [9.17, 15) is 9.18 Å². The molecule has 1 aromatic heterocycles. The van der Waals surface area contributed by atoms with Crippen LogP contribution in [0.4, 0.5) is 15.8 Å². The van der Waals surface area contributed by atoms with Crippen LogP contribution in [-0.2, 0) is 0 Å². The smallest absolute Gasteiger partial charge is 0.338 e. The minimum Gasteiger partial charge on any atom is -0.478 e. The molecule has 2 N–H and O–H groups in total. The van der Waals surface area contributed by atoms with Gasteiger partial charge < -0.3 is 20.2 Å². The number of aromatic nitrogens is 2. The van der Waals surface area contributed by atoms with E-state index in [4.69, 9.17) is 17.3 Å². The third-order valence-electron chi connectivity index (χ3n) is 5.07. The Morgan fingerprint density at radius 2 is 1.71 bits per heavy atom. The molecule has 31 heavy (non-hydrogen) atoms. The van der Waals surface area contributed by atoms with Crippen molar-refractivity contribution in [3.63, 3.8) is 0 Å². The van der Waals surface area contributed by atoms with Crippen molar-refractivity contribution in [2.75, 3.05) is 36.4 Å². The van der Waals surface area contributed by atoms with Crippen molar-refractivity contribution in [2.45, 2.75) is 0 Å². The van der Waals surface area contributed by atoms with Crippen molar-refractivity contribution in [2.24, 2.45) is 0 Å². The van der Waals surface area contributed by atoms with Gasteiger partial charge in [0.1, 0.15) is 5.82 Å². The fraction of sp³-hybridized carbons (Fsp3) is 0.182. The van der Waals surface area contributed by atoms with Gasteiger partial charge in [-0.05, 0) is 60.7 Å². The Kier molecular flexibility index (Phi) is 6.03. The van der Waals surface area contributed by atoms with E-state index in [2.05, 4.69) is 32.3 Å². The lowest BCUT2D eigenvalue weighted by molar-refractivity contribution is 0.0692. The number of benzene rings is 2. The third kappa shape index (κ3) is 4.77. The second-order valence-corrected chi connectivity index (χ2v) is 7.41. The van der Waals surface area contributed by atoms with Gasteiger partial charge in [0.2, 0.25) is 0 Å². The van der Waals surface area contributed by atoms with E-state index < -0.39 is 11.8 Å². The first kappa shape index (κ1) is 20.7. The van der Waals surface area contributed by atoms with Crippen LogP contribution in [0.1, 0.15) is 10.4 Å². The summed E-state index contributed by atoms with van der Waals surface area (Å²) in [5, 5.41) is 12.4. The Labute approximate surface area is 184 Å². The molecule has 158 valence electrons. The van der Waals surface area contributed by atoms with Gasteiger partial charge in [-0.3, -0.25) is 0 Å². The molecule has 0 aliphatic carbocycles. The van der Waals surface area contributed by atoms with E-state index in [-0.39, 0.29) is 5.56 Å². The molecule has 0 unspecified atom stereocenters. The first-order valence-corrected chi connectivity index (χ1v) is 10.1. The van der Waals surface area contributed by atoms with Crippen LogP contribution in [0, 0.1) is 5.82 Å². The van der Waals surface area contributed by atoms with Gasteiger partial charge in [0.05, 0.1) is 5.56 Å². The predicted molar refractivity (Wildman–Crippen MR) is 121 cm³/mol. The normalized spacial score (nSPS) is 13.7. The standard InChI is InChI=1S/C22H20FN5O2S/c23-19-14-16(4-7-18(19)21(29)30)26-22(31)28-12-10-27(11-13-28)17-5-2-15(3-6-17)20-24-8-1-9-25-20/h1-9,14H,10-13H2,(H,26,31)(H,29,30). The molecule has 1 aliphatic rings. The van der Waals surface area contributed by atoms with Crippen LogP contribution in [0.25, 0.3) is 11.4 Å². The van der Waals surface area contributed by atoms with Crippen LogP contribution < -0.4 is 10.2 Å². The quantitative estimate of drug-likeness (QED) is 0.601. The summed E-state index contributed by atoms with van der Waals surface area (Å²) < 4.78 is 13.9. The summed E-state index contributed by atoms with van der Waals surface area (Å²) in [6.07, 6.45) is 3.45. The van der Waals surface area contributed by atoms with Crippen molar-refractivity contribution in [1.29, 1.82) is 0 Å². The van der Waals surface area contributed by atoms with Crippen LogP contribution in [0.3, 0.4) is 0 Å². The van der Waals surface area contributed by atoms with Crippen LogP contribution in [0.15, 0.2) is 60.9 Å². The molecule has 1 fully saturated rings. The maximum atomic E-state index is 13.9. The van der Waals surface area contributed by atoms with Crippen LogP contribution in [0.2, 0.25) is 0 Å². The lowest BCUT2D eigenvalue weighted by Gasteiger charge is -2.37. The molecule has 0 saturated carbocycles.